The molecule has 72 heavy (non-hydrogen) atoms. The average molecular weight is 920 g/mol. The van der Waals surface area contributed by atoms with Crippen LogP contribution < -0.4 is 25.5 Å². The lowest BCUT2D eigenvalue weighted by Gasteiger charge is -2.46. The third-order valence-electron chi connectivity index (χ3n) is 14.7. The maximum atomic E-state index is 7.00. The van der Waals surface area contributed by atoms with Crippen molar-refractivity contribution in [2.45, 2.75) is 6.92 Å². The van der Waals surface area contributed by atoms with Crippen LogP contribution in [-0.2, 0) is 0 Å². The molecule has 0 saturated heterocycles. The summed E-state index contributed by atoms with van der Waals surface area (Å²) in [6.07, 6.45) is 0. The van der Waals surface area contributed by atoms with E-state index in [1.807, 2.05) is 0 Å². The smallest absolute Gasteiger partial charge is 0.333 e. The second-order valence-corrected chi connectivity index (χ2v) is 18.9. The van der Waals surface area contributed by atoms with E-state index in [2.05, 4.69) is 282 Å². The molecule has 12 aromatic rings. The van der Waals surface area contributed by atoms with Gasteiger partial charge in [-0.05, 0) is 141 Å². The molecule has 0 unspecified atom stereocenters. The molecular weight excluding hydrogens is 874 g/mol. The zero-order valence-electron chi connectivity index (χ0n) is 39.7. The van der Waals surface area contributed by atoms with E-state index in [0.717, 1.165) is 78.6 Å². The predicted molar refractivity (Wildman–Crippen MR) is 303 cm³/mol. The number of para-hydroxylation sites is 3. The first-order chi connectivity index (χ1) is 35.6. The van der Waals surface area contributed by atoms with E-state index in [1.54, 1.807) is 0 Å². The van der Waals surface area contributed by atoms with Gasteiger partial charge in [0.05, 0.1) is 11.1 Å². The summed E-state index contributed by atoms with van der Waals surface area (Å²) in [5.41, 5.74) is 23.6. The Morgan fingerprint density at radius 3 is 1.57 bits per heavy atom. The Labute approximate surface area is 420 Å². The fourth-order valence-electron chi connectivity index (χ4n) is 11.5. The molecule has 14 rings (SSSR count). The Morgan fingerprint density at radius 2 is 0.931 bits per heavy atom. The molecule has 0 saturated carbocycles. The fraction of sp³-hybridized carbons (Fsp3) is 0.0149. The van der Waals surface area contributed by atoms with Crippen LogP contribution in [0, 0.1) is 6.92 Å². The summed E-state index contributed by atoms with van der Waals surface area (Å²) in [7, 11) is 0. The number of hydrogen-bond acceptors (Lipinski definition) is 4. The van der Waals surface area contributed by atoms with Crippen LogP contribution >= 0.6 is 0 Å². The Kier molecular flexibility index (Phi) is 9.82. The second kappa shape index (κ2) is 17.0. The zero-order valence-corrected chi connectivity index (χ0v) is 39.7. The zero-order chi connectivity index (χ0) is 47.7. The highest BCUT2D eigenvalue weighted by Crippen LogP contribution is 2.53. The van der Waals surface area contributed by atoms with Gasteiger partial charge in [-0.15, -0.1) is 0 Å². The lowest BCUT2D eigenvalue weighted by molar-refractivity contribution is 0.669. The van der Waals surface area contributed by atoms with Gasteiger partial charge in [0.2, 0.25) is 0 Å². The summed E-state index contributed by atoms with van der Waals surface area (Å²) in [5.74, 6) is 0. The molecule has 5 heteroatoms. The third kappa shape index (κ3) is 6.77. The number of rotatable bonds is 8. The highest BCUT2D eigenvalue weighted by molar-refractivity contribution is 6.94. The van der Waals surface area contributed by atoms with E-state index in [0.29, 0.717) is 0 Å². The minimum atomic E-state index is -0.236. The quantitative estimate of drug-likeness (QED) is 0.142. The molecule has 0 N–H and O–H groups in total. The topological polar surface area (TPSA) is 22.9 Å². The first-order valence-electron chi connectivity index (χ1n) is 24.8. The van der Waals surface area contributed by atoms with Crippen LogP contribution in [0.3, 0.4) is 0 Å². The first kappa shape index (κ1) is 41.6. The number of nitrogens with zero attached hydrogens (tertiary/aromatic N) is 3. The molecule has 0 atom stereocenters. The highest BCUT2D eigenvalue weighted by atomic mass is 16.3. The molecule has 338 valence electrons. The van der Waals surface area contributed by atoms with Crippen molar-refractivity contribution >= 4 is 85.2 Å². The van der Waals surface area contributed by atoms with Crippen molar-refractivity contribution in [3.63, 3.8) is 0 Å². The van der Waals surface area contributed by atoms with E-state index in [4.69, 9.17) is 4.42 Å². The summed E-state index contributed by atoms with van der Waals surface area (Å²) < 4.78 is 7.00. The van der Waals surface area contributed by atoms with Gasteiger partial charge in [-0.3, -0.25) is 0 Å². The van der Waals surface area contributed by atoms with Crippen LogP contribution in [0.2, 0.25) is 0 Å². The van der Waals surface area contributed by atoms with Crippen molar-refractivity contribution in [3.05, 3.63) is 266 Å². The van der Waals surface area contributed by atoms with Gasteiger partial charge in [-0.1, -0.05) is 182 Å². The molecule has 2 aliphatic heterocycles. The molecule has 4 nitrogen and oxygen atoms in total. The predicted octanol–water partition coefficient (Wildman–Crippen LogP) is 17.1. The highest BCUT2D eigenvalue weighted by Gasteiger charge is 2.47. The van der Waals surface area contributed by atoms with Gasteiger partial charge in [0, 0.05) is 50.8 Å². The van der Waals surface area contributed by atoms with Gasteiger partial charge in [0.1, 0.15) is 11.2 Å². The molecule has 0 spiro atoms. The van der Waals surface area contributed by atoms with Crippen LogP contribution in [-0.4, -0.2) is 6.85 Å². The number of furan rings is 1. The molecule has 0 fully saturated rings. The lowest BCUT2D eigenvalue weighted by Crippen LogP contribution is -2.61. The SMILES string of the molecule is Cc1cc(-c2ccccc2)ccc1N1c2cc(N(c3ccccc3)c3ccccc3)ccc2B2c3c(cc4oc5ccccc5c4c31)-c1ccc(-c3ccccc3)cc1N2c1ccc(-c2ccccc2)cc1. The summed E-state index contributed by atoms with van der Waals surface area (Å²) in [6, 6.07) is 94.8. The Balaban J connectivity index is 1.10. The van der Waals surface area contributed by atoms with Crippen LogP contribution in [0.25, 0.3) is 66.4 Å². The summed E-state index contributed by atoms with van der Waals surface area (Å²) >= 11 is 0. The minimum Gasteiger partial charge on any atom is -0.456 e. The summed E-state index contributed by atoms with van der Waals surface area (Å²) in [6.45, 7) is 2.03. The molecule has 2 aliphatic rings. The second-order valence-electron chi connectivity index (χ2n) is 18.9. The van der Waals surface area contributed by atoms with Crippen molar-refractivity contribution in [1.82, 2.24) is 0 Å². The van der Waals surface area contributed by atoms with Crippen LogP contribution in [0.5, 0.6) is 0 Å². The third-order valence-corrected chi connectivity index (χ3v) is 14.7. The average Bonchev–Trinajstić information content (AvgIpc) is 3.83. The van der Waals surface area contributed by atoms with Crippen LogP contribution in [0.4, 0.5) is 45.5 Å². The van der Waals surface area contributed by atoms with Crippen LogP contribution in [0.15, 0.2) is 265 Å². The van der Waals surface area contributed by atoms with Gasteiger partial charge in [0.15, 0.2) is 0 Å². The molecule has 1 aromatic heterocycles. The van der Waals surface area contributed by atoms with E-state index >= 15 is 0 Å². The van der Waals surface area contributed by atoms with Crippen molar-refractivity contribution in [2.75, 3.05) is 14.6 Å². The van der Waals surface area contributed by atoms with Crippen molar-refractivity contribution in [1.29, 1.82) is 0 Å². The molecule has 0 bridgehead atoms. The molecule has 3 heterocycles. The molecule has 0 radical (unpaired) electrons. The van der Waals surface area contributed by atoms with E-state index in [9.17, 15) is 0 Å². The maximum Gasteiger partial charge on any atom is 0.333 e. The van der Waals surface area contributed by atoms with Gasteiger partial charge < -0.3 is 19.0 Å². The number of benzene rings is 11. The van der Waals surface area contributed by atoms with Crippen molar-refractivity contribution in [3.8, 4) is 44.5 Å². The van der Waals surface area contributed by atoms with Gasteiger partial charge >= 0.3 is 6.85 Å². The Morgan fingerprint density at radius 1 is 0.389 bits per heavy atom. The van der Waals surface area contributed by atoms with Gasteiger partial charge in [0.25, 0.3) is 0 Å². The standard InChI is InChI=1S/C67H46BN3O/c1-45-41-50(47-21-9-3-10-22-47)34-40-60(45)70-62-43-55(69(52-25-13-5-14-26-52)53-27-15-6-16-28-53)37-39-59(62)68-66-58(44-64-65(67(66)70)57-29-17-18-30-63(57)72-64)56-38-33-51(48-23-11-4-12-24-48)42-61(56)71(68)54-35-31-49(32-36-54)46-19-7-2-8-20-46/h2-44H,1H3. The number of fused-ring (bicyclic) bond motifs is 8. The summed E-state index contributed by atoms with van der Waals surface area (Å²) in [5, 5.41) is 2.19. The molecular formula is C67H46BN3O. The van der Waals surface area contributed by atoms with Crippen molar-refractivity contribution in [2.24, 2.45) is 0 Å². The largest absolute Gasteiger partial charge is 0.456 e. The first-order valence-corrected chi connectivity index (χ1v) is 24.8. The van der Waals surface area contributed by atoms with Gasteiger partial charge in [-0.2, -0.15) is 0 Å². The van der Waals surface area contributed by atoms with E-state index in [-0.39, 0.29) is 6.85 Å². The Bertz CT molecular complexity index is 3950. The monoisotopic (exact) mass is 919 g/mol. The Hall–Kier alpha value is -9.32. The minimum absolute atomic E-state index is 0.236. The summed E-state index contributed by atoms with van der Waals surface area (Å²) in [4.78, 5) is 7.56. The van der Waals surface area contributed by atoms with Gasteiger partial charge in [-0.25, -0.2) is 0 Å². The number of aryl methyl sites for hydroxylation is 1. The fourth-order valence-corrected chi connectivity index (χ4v) is 11.5. The maximum absolute atomic E-state index is 7.00. The van der Waals surface area contributed by atoms with E-state index in [1.165, 1.54) is 49.9 Å². The van der Waals surface area contributed by atoms with Crippen molar-refractivity contribution < 1.29 is 4.42 Å². The molecule has 0 aliphatic carbocycles. The normalized spacial score (nSPS) is 12.4. The molecule has 0 amide bonds. The number of anilines is 8. The number of hydrogen-bond donors (Lipinski definition) is 0. The molecule has 11 aromatic carbocycles. The van der Waals surface area contributed by atoms with E-state index < -0.39 is 0 Å². The lowest BCUT2D eigenvalue weighted by atomic mass is 9.43. The van der Waals surface area contributed by atoms with Crippen LogP contribution in [0.1, 0.15) is 5.56 Å².